The molecule has 0 bridgehead atoms. The summed E-state index contributed by atoms with van der Waals surface area (Å²) in [5.74, 6) is 0. The SMILES string of the molecule is Cc1c(CO)cc([N+](=O)[O-])c(N2CC(C)OC(c3ccccc3)C2)c1[N+](=O)[O-]. The van der Waals surface area contributed by atoms with E-state index in [0.717, 1.165) is 5.56 Å². The fourth-order valence-corrected chi connectivity index (χ4v) is 3.62. The van der Waals surface area contributed by atoms with Crippen molar-refractivity contribution in [2.75, 3.05) is 18.0 Å². The molecule has 1 aliphatic heterocycles. The van der Waals surface area contributed by atoms with Crippen molar-refractivity contribution in [2.45, 2.75) is 32.7 Å². The molecular weight excluding hydrogens is 366 g/mol. The van der Waals surface area contributed by atoms with Gasteiger partial charge in [0.15, 0.2) is 5.69 Å². The molecule has 0 saturated carbocycles. The molecule has 2 aromatic carbocycles. The lowest BCUT2D eigenvalue weighted by Gasteiger charge is -2.38. The van der Waals surface area contributed by atoms with Crippen molar-refractivity contribution < 1.29 is 19.7 Å². The van der Waals surface area contributed by atoms with Crippen LogP contribution in [0.2, 0.25) is 0 Å². The number of nitro groups is 2. The van der Waals surface area contributed by atoms with E-state index in [1.54, 1.807) is 4.90 Å². The van der Waals surface area contributed by atoms with Crippen molar-refractivity contribution >= 4 is 17.1 Å². The second-order valence-electron chi connectivity index (χ2n) is 6.80. The van der Waals surface area contributed by atoms with Crippen LogP contribution in [0.25, 0.3) is 0 Å². The third-order valence-electron chi connectivity index (χ3n) is 4.91. The van der Waals surface area contributed by atoms with Gasteiger partial charge in [-0.05, 0) is 25.0 Å². The van der Waals surface area contributed by atoms with E-state index in [1.807, 2.05) is 37.3 Å². The molecule has 0 aliphatic carbocycles. The molecule has 0 aromatic heterocycles. The number of nitro benzene ring substituents is 2. The molecule has 1 heterocycles. The van der Waals surface area contributed by atoms with Gasteiger partial charge < -0.3 is 14.7 Å². The van der Waals surface area contributed by atoms with Crippen LogP contribution in [0.15, 0.2) is 36.4 Å². The number of nitrogens with zero attached hydrogens (tertiary/aromatic N) is 3. The first-order valence-electron chi connectivity index (χ1n) is 8.85. The highest BCUT2D eigenvalue weighted by Gasteiger charge is 2.37. The Bertz CT molecular complexity index is 902. The maximum atomic E-state index is 11.8. The molecule has 0 radical (unpaired) electrons. The highest BCUT2D eigenvalue weighted by molar-refractivity contribution is 5.79. The van der Waals surface area contributed by atoms with Crippen molar-refractivity contribution in [3.63, 3.8) is 0 Å². The van der Waals surface area contributed by atoms with E-state index in [4.69, 9.17) is 4.74 Å². The number of aliphatic hydroxyl groups is 1. The van der Waals surface area contributed by atoms with E-state index in [1.165, 1.54) is 13.0 Å². The van der Waals surface area contributed by atoms with Gasteiger partial charge in [0.2, 0.25) is 0 Å². The predicted octanol–water partition coefficient (Wildman–Crippen LogP) is 3.27. The van der Waals surface area contributed by atoms with Crippen molar-refractivity contribution in [2.24, 2.45) is 0 Å². The van der Waals surface area contributed by atoms with Crippen LogP contribution < -0.4 is 4.90 Å². The summed E-state index contributed by atoms with van der Waals surface area (Å²) >= 11 is 0. The summed E-state index contributed by atoms with van der Waals surface area (Å²) in [5, 5.41) is 33.0. The van der Waals surface area contributed by atoms with Crippen molar-refractivity contribution in [3.8, 4) is 0 Å². The average molecular weight is 387 g/mol. The standard InChI is InChI=1S/C19H21N3O6/c1-12-9-20(10-17(28-12)14-6-4-3-5-7-14)19-16(21(24)25)8-15(11-23)13(2)18(19)22(26)27/h3-8,12,17,23H,9-11H2,1-2H3. The van der Waals surface area contributed by atoms with Gasteiger partial charge in [0.25, 0.3) is 5.69 Å². The fourth-order valence-electron chi connectivity index (χ4n) is 3.62. The van der Waals surface area contributed by atoms with Gasteiger partial charge in [0, 0.05) is 24.7 Å². The Morgan fingerprint density at radius 1 is 1.18 bits per heavy atom. The Morgan fingerprint density at radius 2 is 1.86 bits per heavy atom. The molecule has 1 saturated heterocycles. The van der Waals surface area contributed by atoms with Crippen molar-refractivity contribution in [1.29, 1.82) is 0 Å². The number of hydrogen-bond donors (Lipinski definition) is 1. The molecule has 0 amide bonds. The Kier molecular flexibility index (Phi) is 5.57. The molecule has 148 valence electrons. The van der Waals surface area contributed by atoms with E-state index in [0.29, 0.717) is 0 Å². The molecule has 28 heavy (non-hydrogen) atoms. The summed E-state index contributed by atoms with van der Waals surface area (Å²) < 4.78 is 5.98. The lowest BCUT2D eigenvalue weighted by Crippen LogP contribution is -2.43. The van der Waals surface area contributed by atoms with Crippen molar-refractivity contribution in [3.05, 3.63) is 73.3 Å². The number of benzene rings is 2. The van der Waals surface area contributed by atoms with Gasteiger partial charge in [-0.2, -0.15) is 0 Å². The monoisotopic (exact) mass is 387 g/mol. The summed E-state index contributed by atoms with van der Waals surface area (Å²) in [6, 6.07) is 10.6. The molecule has 3 rings (SSSR count). The van der Waals surface area contributed by atoms with E-state index in [2.05, 4.69) is 0 Å². The Hall–Kier alpha value is -3.04. The first-order valence-corrected chi connectivity index (χ1v) is 8.85. The second-order valence-corrected chi connectivity index (χ2v) is 6.80. The van der Waals surface area contributed by atoms with Crippen LogP contribution in [-0.2, 0) is 11.3 Å². The highest BCUT2D eigenvalue weighted by Crippen LogP contribution is 2.43. The molecule has 9 nitrogen and oxygen atoms in total. The minimum absolute atomic E-state index is 0.0409. The summed E-state index contributed by atoms with van der Waals surface area (Å²) in [5.41, 5.74) is 0.516. The topological polar surface area (TPSA) is 119 Å². The zero-order chi connectivity index (χ0) is 20.4. The predicted molar refractivity (Wildman–Crippen MR) is 102 cm³/mol. The number of anilines is 1. The number of ether oxygens (including phenoxy) is 1. The van der Waals surface area contributed by atoms with E-state index < -0.39 is 16.5 Å². The summed E-state index contributed by atoms with van der Waals surface area (Å²) in [6.45, 7) is 3.33. The summed E-state index contributed by atoms with van der Waals surface area (Å²) in [6.07, 6.45) is -0.655. The fraction of sp³-hybridized carbons (Fsp3) is 0.368. The normalized spacial score (nSPS) is 19.5. The van der Waals surface area contributed by atoms with Crippen LogP contribution in [0.4, 0.5) is 17.1 Å². The maximum absolute atomic E-state index is 11.8. The van der Waals surface area contributed by atoms with Gasteiger partial charge >= 0.3 is 5.69 Å². The molecular formula is C19H21N3O6. The smallest absolute Gasteiger partial charge is 0.302 e. The van der Waals surface area contributed by atoms with Crippen LogP contribution >= 0.6 is 0 Å². The molecule has 2 unspecified atom stereocenters. The molecule has 0 spiro atoms. The third kappa shape index (κ3) is 3.67. The average Bonchev–Trinajstić information content (AvgIpc) is 2.67. The number of hydrogen-bond acceptors (Lipinski definition) is 7. The third-order valence-corrected chi connectivity index (χ3v) is 4.91. The Morgan fingerprint density at radius 3 is 2.43 bits per heavy atom. The highest BCUT2D eigenvalue weighted by atomic mass is 16.6. The molecule has 1 fully saturated rings. The molecule has 1 aliphatic rings. The lowest BCUT2D eigenvalue weighted by atomic mass is 10.0. The molecule has 2 atom stereocenters. The van der Waals surface area contributed by atoms with Crippen LogP contribution in [0.5, 0.6) is 0 Å². The lowest BCUT2D eigenvalue weighted by molar-refractivity contribution is -0.393. The zero-order valence-electron chi connectivity index (χ0n) is 15.6. The van der Waals surface area contributed by atoms with Gasteiger partial charge in [-0.3, -0.25) is 20.2 Å². The first-order chi connectivity index (χ1) is 13.3. The number of morpholine rings is 1. The van der Waals surface area contributed by atoms with Crippen molar-refractivity contribution in [1.82, 2.24) is 0 Å². The van der Waals surface area contributed by atoms with Crippen LogP contribution in [0.1, 0.15) is 29.7 Å². The molecule has 1 N–H and O–H groups in total. The number of rotatable bonds is 5. The summed E-state index contributed by atoms with van der Waals surface area (Å²) in [4.78, 5) is 23.9. The van der Waals surface area contributed by atoms with Gasteiger partial charge in [0.05, 0.1) is 22.6 Å². The quantitative estimate of drug-likeness (QED) is 0.617. The first kappa shape index (κ1) is 19.7. The van der Waals surface area contributed by atoms with Crippen LogP contribution in [0.3, 0.4) is 0 Å². The summed E-state index contributed by atoms with van der Waals surface area (Å²) in [7, 11) is 0. The van der Waals surface area contributed by atoms with E-state index >= 15 is 0 Å². The molecule has 9 heteroatoms. The van der Waals surface area contributed by atoms with E-state index in [-0.39, 0.29) is 53.5 Å². The van der Waals surface area contributed by atoms with Crippen LogP contribution in [0, 0.1) is 27.2 Å². The van der Waals surface area contributed by atoms with Gasteiger partial charge in [-0.15, -0.1) is 0 Å². The second kappa shape index (κ2) is 7.91. The van der Waals surface area contributed by atoms with Gasteiger partial charge in [-0.25, -0.2) is 0 Å². The minimum Gasteiger partial charge on any atom is -0.392 e. The largest absolute Gasteiger partial charge is 0.392 e. The minimum atomic E-state index is -0.640. The van der Waals surface area contributed by atoms with Crippen LogP contribution in [-0.4, -0.2) is 34.1 Å². The van der Waals surface area contributed by atoms with Gasteiger partial charge in [0.1, 0.15) is 6.10 Å². The number of aliphatic hydroxyl groups excluding tert-OH is 1. The Balaban J connectivity index is 2.14. The van der Waals surface area contributed by atoms with Gasteiger partial charge in [-0.1, -0.05) is 30.3 Å². The Labute approximate surface area is 161 Å². The molecule has 2 aromatic rings. The maximum Gasteiger partial charge on any atom is 0.302 e. The van der Waals surface area contributed by atoms with E-state index in [9.17, 15) is 25.3 Å². The zero-order valence-corrected chi connectivity index (χ0v) is 15.6.